The predicted octanol–water partition coefficient (Wildman–Crippen LogP) is 6.13. The highest BCUT2D eigenvalue weighted by atomic mass is 35.5. The smallest absolute Gasteiger partial charge is 0.265 e. The van der Waals surface area contributed by atoms with Crippen LogP contribution in [0.1, 0.15) is 37.0 Å². The molecule has 0 aliphatic carbocycles. The van der Waals surface area contributed by atoms with Crippen molar-refractivity contribution in [2.45, 2.75) is 47.1 Å². The summed E-state index contributed by atoms with van der Waals surface area (Å²) in [5.74, 6) is -0.511. The van der Waals surface area contributed by atoms with Gasteiger partial charge in [0.1, 0.15) is 17.3 Å². The highest BCUT2D eigenvalue weighted by Gasteiger charge is 2.34. The number of rotatable bonds is 6. The van der Waals surface area contributed by atoms with Crippen molar-refractivity contribution in [2.24, 2.45) is 5.10 Å². The van der Waals surface area contributed by atoms with Crippen LogP contribution < -0.4 is 20.0 Å². The minimum absolute atomic E-state index is 0.127. The number of aromatic hydroxyl groups is 1. The number of anilines is 3. The van der Waals surface area contributed by atoms with Gasteiger partial charge in [0.25, 0.3) is 11.8 Å². The zero-order chi connectivity index (χ0) is 29.3. The van der Waals surface area contributed by atoms with Crippen LogP contribution in [0, 0.1) is 20.8 Å². The maximum absolute atomic E-state index is 13.0. The van der Waals surface area contributed by atoms with Crippen molar-refractivity contribution in [3.05, 3.63) is 75.3 Å². The summed E-state index contributed by atoms with van der Waals surface area (Å²) in [6.45, 7) is 8.36. The molecule has 0 bridgehead atoms. The van der Waals surface area contributed by atoms with Gasteiger partial charge in [-0.05, 0) is 86.8 Å². The van der Waals surface area contributed by atoms with E-state index in [1.807, 2.05) is 19.9 Å². The average molecular weight is 583 g/mol. The molecule has 40 heavy (non-hydrogen) atoms. The average Bonchev–Trinajstić information content (AvgIpc) is 3.22. The van der Waals surface area contributed by atoms with Gasteiger partial charge < -0.3 is 15.2 Å². The molecule has 0 spiro atoms. The fourth-order valence-corrected chi connectivity index (χ4v) is 4.95. The van der Waals surface area contributed by atoms with Crippen molar-refractivity contribution >= 4 is 63.8 Å². The molecular formula is C29H28Cl2N4O5. The number of nitrogens with zero attached hydrogens (tertiary/aromatic N) is 3. The number of hydrogen-bond donors (Lipinski definition) is 2. The summed E-state index contributed by atoms with van der Waals surface area (Å²) in [6, 6.07) is 13.0. The first-order valence-electron chi connectivity index (χ1n) is 12.4. The number of ether oxygens (including phenoxy) is 1. The van der Waals surface area contributed by atoms with Gasteiger partial charge >= 0.3 is 0 Å². The Morgan fingerprint density at radius 3 is 2.42 bits per heavy atom. The third-order valence-corrected chi connectivity index (χ3v) is 6.86. The van der Waals surface area contributed by atoms with E-state index in [1.54, 1.807) is 38.1 Å². The fourth-order valence-electron chi connectivity index (χ4n) is 4.35. The van der Waals surface area contributed by atoms with E-state index < -0.39 is 17.9 Å². The fraction of sp³-hybridized carbons (Fsp3) is 0.241. The first kappa shape index (κ1) is 28.9. The molecule has 2 N–H and O–H groups in total. The summed E-state index contributed by atoms with van der Waals surface area (Å²) in [6.07, 6.45) is -1.03. The number of nitrogens with one attached hydrogen (secondary N) is 1. The SMILES string of the molecule is CC(=O)N(C1=NN(c2c(C)cc(C)cc2Cl)C(=O)C1)c1cc(NC(=O)C(C)Oc2ccc(O)c(C)c2)ccc1Cl. The lowest BCUT2D eigenvalue weighted by Gasteiger charge is -2.22. The van der Waals surface area contributed by atoms with E-state index in [0.29, 0.717) is 27.7 Å². The zero-order valence-corrected chi connectivity index (χ0v) is 24.1. The Bertz CT molecular complexity index is 1530. The number of hydrogen-bond acceptors (Lipinski definition) is 6. The van der Waals surface area contributed by atoms with E-state index >= 15 is 0 Å². The number of aryl methyl sites for hydroxylation is 3. The molecule has 3 amide bonds. The molecule has 4 rings (SSSR count). The Morgan fingerprint density at radius 2 is 1.77 bits per heavy atom. The number of halogens is 2. The van der Waals surface area contributed by atoms with Gasteiger partial charge in [0.15, 0.2) is 6.10 Å². The number of amides is 3. The molecule has 1 unspecified atom stereocenters. The minimum atomic E-state index is -0.875. The lowest BCUT2D eigenvalue weighted by molar-refractivity contribution is -0.122. The molecule has 0 fully saturated rings. The topological polar surface area (TPSA) is 112 Å². The van der Waals surface area contributed by atoms with Gasteiger partial charge in [-0.2, -0.15) is 10.1 Å². The molecule has 1 heterocycles. The molecule has 1 aliphatic heterocycles. The van der Waals surface area contributed by atoms with Crippen LogP contribution in [0.2, 0.25) is 10.0 Å². The van der Waals surface area contributed by atoms with Gasteiger partial charge in [-0.1, -0.05) is 29.3 Å². The maximum Gasteiger partial charge on any atom is 0.265 e. The van der Waals surface area contributed by atoms with E-state index in [2.05, 4.69) is 10.4 Å². The Labute approximate surface area is 241 Å². The second-order valence-electron chi connectivity index (χ2n) is 9.53. The van der Waals surface area contributed by atoms with Crippen LogP contribution in [-0.4, -0.2) is 34.8 Å². The van der Waals surface area contributed by atoms with E-state index in [0.717, 1.165) is 11.1 Å². The maximum atomic E-state index is 13.0. The van der Waals surface area contributed by atoms with Gasteiger partial charge in [0.05, 0.1) is 27.8 Å². The third-order valence-electron chi connectivity index (χ3n) is 6.25. The van der Waals surface area contributed by atoms with Crippen LogP contribution in [0.15, 0.2) is 53.6 Å². The zero-order valence-electron chi connectivity index (χ0n) is 22.6. The number of carbonyl (C=O) groups excluding carboxylic acids is 3. The second-order valence-corrected chi connectivity index (χ2v) is 10.3. The summed E-state index contributed by atoms with van der Waals surface area (Å²) in [5, 5.41) is 18.7. The standard InChI is InChI=1S/C29H28Cl2N4O5/c1-15-10-17(3)28(23(31)11-15)35-27(38)14-26(33-35)34(19(5)36)24-13-20(6-8-22(24)30)32-29(39)18(4)40-21-7-9-25(37)16(2)12-21/h6-13,18,37H,14H2,1-5H3,(H,32,39). The normalized spacial score (nSPS) is 13.6. The van der Waals surface area contributed by atoms with Gasteiger partial charge in [-0.25, -0.2) is 0 Å². The van der Waals surface area contributed by atoms with Crippen molar-refractivity contribution < 1.29 is 24.2 Å². The summed E-state index contributed by atoms with van der Waals surface area (Å²) in [5.41, 5.74) is 3.36. The monoisotopic (exact) mass is 582 g/mol. The molecule has 3 aromatic carbocycles. The summed E-state index contributed by atoms with van der Waals surface area (Å²) >= 11 is 12.9. The number of carbonyl (C=O) groups is 3. The van der Waals surface area contributed by atoms with Gasteiger partial charge in [-0.15, -0.1) is 0 Å². The molecule has 0 aromatic heterocycles. The van der Waals surface area contributed by atoms with Crippen molar-refractivity contribution in [3.8, 4) is 11.5 Å². The van der Waals surface area contributed by atoms with Crippen LogP contribution >= 0.6 is 23.2 Å². The third kappa shape index (κ3) is 6.05. The van der Waals surface area contributed by atoms with E-state index in [9.17, 15) is 19.5 Å². The lowest BCUT2D eigenvalue weighted by Crippen LogP contribution is -2.35. The van der Waals surface area contributed by atoms with Crippen LogP contribution in [0.25, 0.3) is 0 Å². The predicted molar refractivity (Wildman–Crippen MR) is 157 cm³/mol. The Hall–Kier alpha value is -4.08. The summed E-state index contributed by atoms with van der Waals surface area (Å²) in [7, 11) is 0. The number of hydrazone groups is 1. The first-order valence-corrected chi connectivity index (χ1v) is 13.2. The number of phenols is 1. The Morgan fingerprint density at radius 1 is 1.05 bits per heavy atom. The molecule has 3 aromatic rings. The van der Waals surface area contributed by atoms with Gasteiger partial charge in [0, 0.05) is 12.6 Å². The molecule has 0 radical (unpaired) electrons. The van der Waals surface area contributed by atoms with Crippen LogP contribution in [0.4, 0.5) is 17.1 Å². The quantitative estimate of drug-likeness (QED) is 0.363. The van der Waals surface area contributed by atoms with E-state index in [-0.39, 0.29) is 34.6 Å². The molecule has 1 aliphatic rings. The molecular weight excluding hydrogens is 555 g/mol. The van der Waals surface area contributed by atoms with Gasteiger partial charge in [0.2, 0.25) is 5.91 Å². The molecule has 11 heteroatoms. The molecule has 1 atom stereocenters. The van der Waals surface area contributed by atoms with E-state index in [4.69, 9.17) is 27.9 Å². The summed E-state index contributed by atoms with van der Waals surface area (Å²) in [4.78, 5) is 39.9. The second kappa shape index (κ2) is 11.6. The highest BCUT2D eigenvalue weighted by Crippen LogP contribution is 2.36. The van der Waals surface area contributed by atoms with Crippen LogP contribution in [-0.2, 0) is 14.4 Å². The van der Waals surface area contributed by atoms with Crippen LogP contribution in [0.3, 0.4) is 0 Å². The number of amidine groups is 1. The number of benzene rings is 3. The molecule has 0 saturated heterocycles. The molecule has 208 valence electrons. The van der Waals surface area contributed by atoms with Gasteiger partial charge in [-0.3, -0.25) is 19.3 Å². The first-order chi connectivity index (χ1) is 18.8. The number of phenolic OH excluding ortho intramolecular Hbond substituents is 1. The van der Waals surface area contributed by atoms with Crippen molar-refractivity contribution in [1.82, 2.24) is 0 Å². The highest BCUT2D eigenvalue weighted by molar-refractivity contribution is 6.37. The summed E-state index contributed by atoms with van der Waals surface area (Å²) < 4.78 is 5.71. The Kier molecular flexibility index (Phi) is 8.37. The Balaban J connectivity index is 1.59. The molecule has 0 saturated carbocycles. The largest absolute Gasteiger partial charge is 0.508 e. The van der Waals surface area contributed by atoms with Crippen LogP contribution in [0.5, 0.6) is 11.5 Å². The van der Waals surface area contributed by atoms with Crippen molar-refractivity contribution in [3.63, 3.8) is 0 Å². The van der Waals surface area contributed by atoms with Crippen molar-refractivity contribution in [2.75, 3.05) is 15.2 Å². The molecule has 9 nitrogen and oxygen atoms in total. The van der Waals surface area contributed by atoms with E-state index in [1.165, 1.54) is 35.0 Å². The van der Waals surface area contributed by atoms with Crippen molar-refractivity contribution in [1.29, 1.82) is 0 Å². The lowest BCUT2D eigenvalue weighted by atomic mass is 10.1. The minimum Gasteiger partial charge on any atom is -0.508 e.